The maximum absolute atomic E-state index is 12.3. The number of nitrogens with zero attached hydrogens (tertiary/aromatic N) is 4. The van der Waals surface area contributed by atoms with Gasteiger partial charge in [-0.25, -0.2) is 18.4 Å². The lowest BCUT2D eigenvalue weighted by atomic mass is 10.1. The molecule has 0 saturated heterocycles. The predicted octanol–water partition coefficient (Wildman–Crippen LogP) is 2.91. The summed E-state index contributed by atoms with van der Waals surface area (Å²) in [7, 11) is -3.37. The molecule has 0 unspecified atom stereocenters. The van der Waals surface area contributed by atoms with Crippen LogP contribution in [-0.2, 0) is 9.84 Å². The minimum absolute atomic E-state index is 0.0394. The molecule has 0 fully saturated rings. The van der Waals surface area contributed by atoms with Crippen LogP contribution < -0.4 is 11.5 Å². The molecular weight excluding hydrogens is 442 g/mol. The van der Waals surface area contributed by atoms with E-state index >= 15 is 0 Å². The monoisotopic (exact) mass is 463 g/mol. The van der Waals surface area contributed by atoms with Crippen LogP contribution in [0, 0.1) is 5.41 Å². The van der Waals surface area contributed by atoms with Crippen molar-refractivity contribution in [3.8, 4) is 34.3 Å². The van der Waals surface area contributed by atoms with Gasteiger partial charge in [0.05, 0.1) is 22.0 Å². The van der Waals surface area contributed by atoms with Gasteiger partial charge in [-0.3, -0.25) is 5.41 Å². The van der Waals surface area contributed by atoms with Crippen molar-refractivity contribution in [2.24, 2.45) is 5.73 Å². The molecule has 11 heteroatoms. The molecule has 0 saturated carbocycles. The Morgan fingerprint density at radius 3 is 2.18 bits per heavy atom. The van der Waals surface area contributed by atoms with E-state index in [9.17, 15) is 8.42 Å². The molecule has 0 radical (unpaired) electrons. The quantitative estimate of drug-likeness (QED) is 0.287. The van der Waals surface area contributed by atoms with Crippen LogP contribution in [0.2, 0.25) is 0 Å². The normalized spacial score (nSPS) is 11.6. The first-order chi connectivity index (χ1) is 15.7. The lowest BCUT2D eigenvalue weighted by Gasteiger charge is -2.09. The molecule has 0 bridgehead atoms. The fourth-order valence-electron chi connectivity index (χ4n) is 3.01. The molecule has 0 spiro atoms. The van der Waals surface area contributed by atoms with Crippen molar-refractivity contribution in [2.45, 2.75) is 24.0 Å². The number of nitrogens with two attached hydrogens (primary N) is 2. The van der Waals surface area contributed by atoms with E-state index in [0.29, 0.717) is 22.4 Å². The van der Waals surface area contributed by atoms with E-state index in [1.807, 2.05) is 0 Å². The summed E-state index contributed by atoms with van der Waals surface area (Å²) in [5, 5.41) is 15.0. The van der Waals surface area contributed by atoms with Gasteiger partial charge in [0.15, 0.2) is 21.3 Å². The second-order valence-electron chi connectivity index (χ2n) is 7.51. The van der Waals surface area contributed by atoms with Crippen LogP contribution >= 0.6 is 0 Å². The molecule has 0 aliphatic carbocycles. The third kappa shape index (κ3) is 4.30. The number of aromatic nitrogens is 4. The summed E-state index contributed by atoms with van der Waals surface area (Å²) in [6.07, 6.45) is 1.49. The Labute approximate surface area is 190 Å². The highest BCUT2D eigenvalue weighted by molar-refractivity contribution is 7.92. The van der Waals surface area contributed by atoms with Gasteiger partial charge in [0.2, 0.25) is 5.89 Å². The number of sulfone groups is 1. The highest BCUT2D eigenvalue weighted by Gasteiger charge is 2.20. The van der Waals surface area contributed by atoms with Crippen molar-refractivity contribution in [2.75, 3.05) is 5.73 Å². The van der Waals surface area contributed by atoms with Crippen LogP contribution in [0.1, 0.15) is 19.4 Å². The molecule has 33 heavy (non-hydrogen) atoms. The Morgan fingerprint density at radius 2 is 1.58 bits per heavy atom. The summed E-state index contributed by atoms with van der Waals surface area (Å²) in [5.74, 6) is 0.406. The lowest BCUT2D eigenvalue weighted by molar-refractivity contribution is 0.582. The van der Waals surface area contributed by atoms with E-state index in [-0.39, 0.29) is 34.0 Å². The molecule has 4 aromatic rings. The van der Waals surface area contributed by atoms with Crippen molar-refractivity contribution in [1.82, 2.24) is 20.2 Å². The number of nitrogens with one attached hydrogen (secondary N) is 1. The van der Waals surface area contributed by atoms with Crippen LogP contribution in [0.15, 0.2) is 64.0 Å². The Hall–Kier alpha value is -4.12. The van der Waals surface area contributed by atoms with Gasteiger partial charge in [-0.1, -0.05) is 24.3 Å². The predicted molar refractivity (Wildman–Crippen MR) is 124 cm³/mol. The molecule has 10 nitrogen and oxygen atoms in total. The van der Waals surface area contributed by atoms with Gasteiger partial charge in [-0.2, -0.15) is 0 Å². The molecule has 0 amide bonds. The molecule has 0 atom stereocenters. The van der Waals surface area contributed by atoms with Crippen LogP contribution in [0.4, 0.5) is 5.82 Å². The van der Waals surface area contributed by atoms with Crippen LogP contribution in [0.3, 0.4) is 0 Å². The van der Waals surface area contributed by atoms with Crippen LogP contribution in [0.25, 0.3) is 34.3 Å². The SMILES string of the molecule is CC(C)S(=O)(=O)c1ccc(-c2cnc(N)c(-c3nnc(-c4ccc(C(=N)N)cc4)o3)n2)cc1. The fourth-order valence-corrected chi connectivity index (χ4v) is 4.07. The zero-order valence-corrected chi connectivity index (χ0v) is 18.7. The number of hydrogen-bond donors (Lipinski definition) is 3. The van der Waals surface area contributed by atoms with Crippen LogP contribution in [-0.4, -0.2) is 39.7 Å². The third-order valence-electron chi connectivity index (χ3n) is 4.97. The number of nitrogen functional groups attached to an aromatic ring is 2. The van der Waals surface area contributed by atoms with E-state index in [1.54, 1.807) is 50.2 Å². The summed E-state index contributed by atoms with van der Waals surface area (Å²) >= 11 is 0. The fraction of sp³-hybridized carbons (Fsp3) is 0.136. The van der Waals surface area contributed by atoms with Crippen molar-refractivity contribution >= 4 is 21.5 Å². The molecule has 2 aromatic heterocycles. The Balaban J connectivity index is 1.65. The number of benzene rings is 2. The van der Waals surface area contributed by atoms with E-state index in [4.69, 9.17) is 21.3 Å². The molecule has 2 aromatic carbocycles. The van der Waals surface area contributed by atoms with Gasteiger partial charge in [0.25, 0.3) is 5.89 Å². The van der Waals surface area contributed by atoms with Gasteiger partial charge >= 0.3 is 0 Å². The first kappa shape index (κ1) is 22.1. The summed E-state index contributed by atoms with van der Waals surface area (Å²) < 4.78 is 30.4. The maximum Gasteiger partial charge on any atom is 0.270 e. The molecule has 4 rings (SSSR count). The zero-order valence-electron chi connectivity index (χ0n) is 17.9. The maximum atomic E-state index is 12.3. The van der Waals surface area contributed by atoms with Gasteiger partial charge < -0.3 is 15.9 Å². The average molecular weight is 464 g/mol. The van der Waals surface area contributed by atoms with Crippen molar-refractivity contribution in [1.29, 1.82) is 5.41 Å². The topological polar surface area (TPSA) is 175 Å². The summed E-state index contributed by atoms with van der Waals surface area (Å²) in [6, 6.07) is 13.2. The van der Waals surface area contributed by atoms with Gasteiger partial charge in [0, 0.05) is 16.7 Å². The van der Waals surface area contributed by atoms with Crippen molar-refractivity contribution in [3.63, 3.8) is 0 Å². The third-order valence-corrected chi connectivity index (χ3v) is 7.14. The second-order valence-corrected chi connectivity index (χ2v) is 10.0. The van der Waals surface area contributed by atoms with Crippen molar-refractivity contribution in [3.05, 3.63) is 60.3 Å². The van der Waals surface area contributed by atoms with Crippen LogP contribution in [0.5, 0.6) is 0 Å². The summed E-state index contributed by atoms with van der Waals surface area (Å²) in [6.45, 7) is 3.27. The minimum atomic E-state index is -3.37. The summed E-state index contributed by atoms with van der Waals surface area (Å²) in [5.41, 5.74) is 14.0. The molecular formula is C22H21N7O3S. The average Bonchev–Trinajstić information content (AvgIpc) is 3.29. The largest absolute Gasteiger partial charge is 0.414 e. The molecule has 0 aliphatic heterocycles. The molecule has 5 N–H and O–H groups in total. The van der Waals surface area contributed by atoms with Gasteiger partial charge in [-0.15, -0.1) is 10.2 Å². The summed E-state index contributed by atoms with van der Waals surface area (Å²) in [4.78, 5) is 8.92. The number of hydrogen-bond acceptors (Lipinski definition) is 9. The van der Waals surface area contributed by atoms with Gasteiger partial charge in [-0.05, 0) is 38.1 Å². The van der Waals surface area contributed by atoms with Gasteiger partial charge in [0.1, 0.15) is 5.84 Å². The highest BCUT2D eigenvalue weighted by atomic mass is 32.2. The molecule has 168 valence electrons. The number of anilines is 1. The first-order valence-corrected chi connectivity index (χ1v) is 11.5. The standard InChI is InChI=1S/C22H21N7O3S/c1-12(2)33(30,31)16-9-7-13(8-10-16)17-11-26-20(25)18(27-17)22-29-28-21(32-22)15-5-3-14(4-6-15)19(23)24/h3-12H,1-2H3,(H3,23,24)(H2,25,26). The molecule has 0 aliphatic rings. The van der Waals surface area contributed by atoms with E-state index in [0.717, 1.165) is 0 Å². The Kier molecular flexibility index (Phi) is 5.64. The highest BCUT2D eigenvalue weighted by Crippen LogP contribution is 2.28. The van der Waals surface area contributed by atoms with E-state index in [1.165, 1.54) is 18.3 Å². The van der Waals surface area contributed by atoms with E-state index < -0.39 is 15.1 Å². The molecule has 2 heterocycles. The Bertz CT molecular complexity index is 1430. The number of amidine groups is 1. The zero-order chi connectivity index (χ0) is 23.8. The smallest absolute Gasteiger partial charge is 0.270 e. The van der Waals surface area contributed by atoms with Crippen molar-refractivity contribution < 1.29 is 12.8 Å². The minimum Gasteiger partial charge on any atom is -0.414 e. The van der Waals surface area contributed by atoms with E-state index in [2.05, 4.69) is 20.2 Å². The Morgan fingerprint density at radius 1 is 0.970 bits per heavy atom. The lowest BCUT2D eigenvalue weighted by Crippen LogP contribution is -2.13. The first-order valence-electron chi connectivity index (χ1n) is 9.92. The number of rotatable bonds is 6. The second kappa shape index (κ2) is 8.43.